The van der Waals surface area contributed by atoms with E-state index in [2.05, 4.69) is 10.1 Å². The molecule has 0 aromatic carbocycles. The summed E-state index contributed by atoms with van der Waals surface area (Å²) < 4.78 is 1.69. The SMILES string of the molecule is Cn1cc(-c2cncc(C(=O)N3CCSCC3C(N)=O)c2)cn1. The normalized spacial score (nSPS) is 18.0. The second kappa shape index (κ2) is 6.41. The Kier molecular flexibility index (Phi) is 4.33. The molecule has 1 aliphatic heterocycles. The van der Waals surface area contributed by atoms with Gasteiger partial charge in [0.1, 0.15) is 6.04 Å². The number of primary amides is 1. The van der Waals surface area contributed by atoms with Crippen LogP contribution >= 0.6 is 11.8 Å². The molecule has 2 amide bonds. The van der Waals surface area contributed by atoms with Gasteiger partial charge < -0.3 is 10.6 Å². The molecule has 0 radical (unpaired) electrons. The highest BCUT2D eigenvalue weighted by Crippen LogP contribution is 2.22. The van der Waals surface area contributed by atoms with Crippen molar-refractivity contribution in [2.75, 3.05) is 18.1 Å². The van der Waals surface area contributed by atoms with E-state index in [4.69, 9.17) is 5.73 Å². The highest BCUT2D eigenvalue weighted by Gasteiger charge is 2.31. The average Bonchev–Trinajstić information content (AvgIpc) is 3.01. The molecule has 7 nitrogen and oxygen atoms in total. The van der Waals surface area contributed by atoms with Gasteiger partial charge in [-0.05, 0) is 6.07 Å². The molecule has 8 heteroatoms. The molecule has 3 rings (SSSR count). The van der Waals surface area contributed by atoms with Crippen LogP contribution in [0.15, 0.2) is 30.9 Å². The molecule has 0 saturated carbocycles. The van der Waals surface area contributed by atoms with Gasteiger partial charge in [-0.2, -0.15) is 16.9 Å². The zero-order valence-electron chi connectivity index (χ0n) is 12.7. The zero-order valence-corrected chi connectivity index (χ0v) is 13.5. The average molecular weight is 331 g/mol. The number of hydrogen-bond acceptors (Lipinski definition) is 5. The number of aromatic nitrogens is 3. The highest BCUT2D eigenvalue weighted by atomic mass is 32.2. The minimum absolute atomic E-state index is 0.215. The van der Waals surface area contributed by atoms with Gasteiger partial charge in [0.2, 0.25) is 5.91 Å². The summed E-state index contributed by atoms with van der Waals surface area (Å²) in [5.74, 6) is 0.649. The predicted octanol–water partition coefficient (Wildman–Crippen LogP) is 0.525. The minimum Gasteiger partial charge on any atom is -0.368 e. The lowest BCUT2D eigenvalue weighted by atomic mass is 10.1. The number of nitrogens with zero attached hydrogens (tertiary/aromatic N) is 4. The number of thioether (sulfide) groups is 1. The number of aryl methyl sites for hydroxylation is 1. The van der Waals surface area contributed by atoms with Gasteiger partial charge in [0.25, 0.3) is 5.91 Å². The maximum absolute atomic E-state index is 12.8. The van der Waals surface area contributed by atoms with Gasteiger partial charge in [-0.1, -0.05) is 0 Å². The molecule has 1 unspecified atom stereocenters. The third-order valence-electron chi connectivity index (χ3n) is 3.74. The second-order valence-corrected chi connectivity index (χ2v) is 6.51. The molecule has 2 aromatic heterocycles. The first-order chi connectivity index (χ1) is 11.1. The first kappa shape index (κ1) is 15.5. The molecule has 23 heavy (non-hydrogen) atoms. The minimum atomic E-state index is -0.566. The molecule has 2 N–H and O–H groups in total. The van der Waals surface area contributed by atoms with Crippen molar-refractivity contribution in [2.24, 2.45) is 12.8 Å². The zero-order chi connectivity index (χ0) is 16.4. The van der Waals surface area contributed by atoms with Crippen LogP contribution in [0.5, 0.6) is 0 Å². The van der Waals surface area contributed by atoms with E-state index in [0.717, 1.165) is 16.9 Å². The van der Waals surface area contributed by atoms with Crippen LogP contribution in [0.2, 0.25) is 0 Å². The lowest BCUT2D eigenvalue weighted by Crippen LogP contribution is -2.52. The Labute approximate surface area is 137 Å². The number of hydrogen-bond donors (Lipinski definition) is 1. The third kappa shape index (κ3) is 3.21. The molecule has 1 aliphatic rings. The maximum Gasteiger partial charge on any atom is 0.256 e. The molecule has 0 spiro atoms. The Balaban J connectivity index is 1.88. The Morgan fingerprint density at radius 3 is 2.83 bits per heavy atom. The number of pyridine rings is 1. The Hall–Kier alpha value is -2.35. The van der Waals surface area contributed by atoms with E-state index in [0.29, 0.717) is 17.9 Å². The lowest BCUT2D eigenvalue weighted by molar-refractivity contribution is -0.121. The van der Waals surface area contributed by atoms with Gasteiger partial charge in [0, 0.05) is 54.8 Å². The van der Waals surface area contributed by atoms with E-state index in [1.807, 2.05) is 13.2 Å². The van der Waals surface area contributed by atoms with Crippen molar-refractivity contribution in [3.05, 3.63) is 36.4 Å². The van der Waals surface area contributed by atoms with E-state index in [9.17, 15) is 9.59 Å². The highest BCUT2D eigenvalue weighted by molar-refractivity contribution is 7.99. The standard InChI is InChI=1S/C15H17N5O2S/c1-19-8-12(7-18-19)10-4-11(6-17-5-10)15(22)20-2-3-23-9-13(20)14(16)21/h4-8,13H,2-3,9H2,1H3,(H2,16,21). The third-order valence-corrected chi connectivity index (χ3v) is 4.76. The first-order valence-corrected chi connectivity index (χ1v) is 8.34. The van der Waals surface area contributed by atoms with Crippen LogP contribution in [0.1, 0.15) is 10.4 Å². The van der Waals surface area contributed by atoms with E-state index in [-0.39, 0.29) is 5.91 Å². The number of rotatable bonds is 3. The summed E-state index contributed by atoms with van der Waals surface area (Å²) in [6, 6.07) is 1.20. The molecule has 0 bridgehead atoms. The van der Waals surface area contributed by atoms with Crippen LogP contribution in [0.3, 0.4) is 0 Å². The molecule has 2 aromatic rings. The topological polar surface area (TPSA) is 94.1 Å². The van der Waals surface area contributed by atoms with Gasteiger partial charge in [-0.25, -0.2) is 0 Å². The largest absolute Gasteiger partial charge is 0.368 e. The maximum atomic E-state index is 12.8. The van der Waals surface area contributed by atoms with Gasteiger partial charge in [0.15, 0.2) is 0 Å². The number of carbonyl (C=O) groups is 2. The van der Waals surface area contributed by atoms with Gasteiger partial charge in [0.05, 0.1) is 11.8 Å². The van der Waals surface area contributed by atoms with Crippen molar-refractivity contribution in [1.82, 2.24) is 19.7 Å². The predicted molar refractivity (Wildman–Crippen MR) is 87.8 cm³/mol. The first-order valence-electron chi connectivity index (χ1n) is 7.18. The lowest BCUT2D eigenvalue weighted by Gasteiger charge is -2.33. The monoisotopic (exact) mass is 331 g/mol. The van der Waals surface area contributed by atoms with E-state index in [1.165, 1.54) is 6.20 Å². The van der Waals surface area contributed by atoms with E-state index in [1.54, 1.807) is 39.8 Å². The molecule has 1 fully saturated rings. The quantitative estimate of drug-likeness (QED) is 0.885. The van der Waals surface area contributed by atoms with Crippen molar-refractivity contribution in [1.29, 1.82) is 0 Å². The summed E-state index contributed by atoms with van der Waals surface area (Å²) in [6.07, 6.45) is 6.78. The van der Waals surface area contributed by atoms with Crippen molar-refractivity contribution in [3.63, 3.8) is 0 Å². The fourth-order valence-corrected chi connectivity index (χ4v) is 3.59. The van der Waals surface area contributed by atoms with Gasteiger partial charge >= 0.3 is 0 Å². The Morgan fingerprint density at radius 2 is 2.13 bits per heavy atom. The molecule has 1 atom stereocenters. The molecular weight excluding hydrogens is 314 g/mol. The van der Waals surface area contributed by atoms with Crippen molar-refractivity contribution >= 4 is 23.6 Å². The van der Waals surface area contributed by atoms with Crippen LogP contribution in [0.25, 0.3) is 11.1 Å². The molecule has 3 heterocycles. The number of nitrogens with two attached hydrogens (primary N) is 1. The van der Waals surface area contributed by atoms with Crippen LogP contribution in [-0.4, -0.2) is 55.6 Å². The van der Waals surface area contributed by atoms with E-state index >= 15 is 0 Å². The fourth-order valence-electron chi connectivity index (χ4n) is 2.53. The summed E-state index contributed by atoms with van der Waals surface area (Å²) in [7, 11) is 1.83. The van der Waals surface area contributed by atoms with Crippen molar-refractivity contribution in [3.8, 4) is 11.1 Å². The number of amides is 2. The smallest absolute Gasteiger partial charge is 0.256 e. The van der Waals surface area contributed by atoms with Crippen LogP contribution < -0.4 is 5.73 Å². The van der Waals surface area contributed by atoms with Crippen molar-refractivity contribution < 1.29 is 9.59 Å². The Bertz CT molecular complexity index is 745. The summed E-state index contributed by atoms with van der Waals surface area (Å²) in [5, 5.41) is 4.12. The number of carbonyl (C=O) groups excluding carboxylic acids is 2. The van der Waals surface area contributed by atoms with Crippen molar-refractivity contribution in [2.45, 2.75) is 6.04 Å². The summed E-state index contributed by atoms with van der Waals surface area (Å²) in [5.41, 5.74) is 7.57. The molecule has 0 aliphatic carbocycles. The van der Waals surface area contributed by atoms with Gasteiger partial charge in [-0.3, -0.25) is 19.3 Å². The fraction of sp³-hybridized carbons (Fsp3) is 0.333. The van der Waals surface area contributed by atoms with Gasteiger partial charge in [-0.15, -0.1) is 0 Å². The van der Waals surface area contributed by atoms with E-state index < -0.39 is 11.9 Å². The summed E-state index contributed by atoms with van der Waals surface area (Å²) in [6.45, 7) is 0.508. The molecule has 1 saturated heterocycles. The summed E-state index contributed by atoms with van der Waals surface area (Å²) >= 11 is 1.63. The second-order valence-electron chi connectivity index (χ2n) is 5.36. The van der Waals surface area contributed by atoms with Crippen LogP contribution in [0, 0.1) is 0 Å². The summed E-state index contributed by atoms with van der Waals surface area (Å²) in [4.78, 5) is 30.0. The van der Waals surface area contributed by atoms with Crippen LogP contribution in [0.4, 0.5) is 0 Å². The molecular formula is C15H17N5O2S. The van der Waals surface area contributed by atoms with Crippen LogP contribution in [-0.2, 0) is 11.8 Å². The molecule has 120 valence electrons. The Morgan fingerprint density at radius 1 is 1.30 bits per heavy atom.